The zero-order valence-electron chi connectivity index (χ0n) is 14.3. The standard InChI is InChI=1S/C18H20N4O3S/c23-15(18-6-11-3-12(7-18)5-13(4-11)8-18)9-25-17(24)16-14(1-2-26-16)22-10-19-20-21-22/h1-2,10-13H,3-9H2. The highest BCUT2D eigenvalue weighted by molar-refractivity contribution is 7.12. The lowest BCUT2D eigenvalue weighted by Crippen LogP contribution is -2.51. The van der Waals surface area contributed by atoms with Crippen molar-refractivity contribution in [2.45, 2.75) is 38.5 Å². The average Bonchev–Trinajstić information content (AvgIpc) is 3.28. The van der Waals surface area contributed by atoms with Gasteiger partial charge in [0.15, 0.2) is 12.4 Å². The predicted octanol–water partition coefficient (Wildman–Crippen LogP) is 2.67. The molecule has 0 spiro atoms. The maximum absolute atomic E-state index is 13.0. The highest BCUT2D eigenvalue weighted by Gasteiger charge is 2.54. The third-order valence-electron chi connectivity index (χ3n) is 6.39. The number of ketones is 1. The molecule has 4 fully saturated rings. The molecule has 0 N–H and O–H groups in total. The number of carbonyl (C=O) groups excluding carboxylic acids is 2. The number of Topliss-reactive ketones (excluding diaryl/α,β-unsaturated/α-hetero) is 1. The number of esters is 1. The molecule has 0 radical (unpaired) electrons. The minimum absolute atomic E-state index is 0.116. The van der Waals surface area contributed by atoms with E-state index in [1.54, 1.807) is 11.4 Å². The molecular formula is C18H20N4O3S. The van der Waals surface area contributed by atoms with E-state index in [-0.39, 0.29) is 17.8 Å². The van der Waals surface area contributed by atoms with E-state index in [0.29, 0.717) is 28.3 Å². The van der Waals surface area contributed by atoms with Crippen LogP contribution in [0.1, 0.15) is 48.2 Å². The molecule has 2 aromatic heterocycles. The van der Waals surface area contributed by atoms with E-state index in [9.17, 15) is 9.59 Å². The molecule has 7 nitrogen and oxygen atoms in total. The maximum atomic E-state index is 13.0. The predicted molar refractivity (Wildman–Crippen MR) is 92.9 cm³/mol. The van der Waals surface area contributed by atoms with Crippen LogP contribution in [-0.4, -0.2) is 38.6 Å². The van der Waals surface area contributed by atoms with E-state index in [0.717, 1.165) is 19.3 Å². The minimum Gasteiger partial charge on any atom is -0.453 e. The van der Waals surface area contributed by atoms with E-state index in [2.05, 4.69) is 15.5 Å². The summed E-state index contributed by atoms with van der Waals surface area (Å²) >= 11 is 1.26. The molecule has 2 aromatic rings. The van der Waals surface area contributed by atoms with Crippen molar-refractivity contribution in [1.29, 1.82) is 0 Å². The van der Waals surface area contributed by atoms with E-state index in [4.69, 9.17) is 4.74 Å². The quantitative estimate of drug-likeness (QED) is 0.750. The van der Waals surface area contributed by atoms with Crippen molar-refractivity contribution < 1.29 is 14.3 Å². The van der Waals surface area contributed by atoms with Gasteiger partial charge in [0.05, 0.1) is 5.69 Å². The number of aromatic nitrogens is 4. The lowest BCUT2D eigenvalue weighted by Gasteiger charge is -2.55. The van der Waals surface area contributed by atoms with Crippen molar-refractivity contribution in [3.63, 3.8) is 0 Å². The van der Waals surface area contributed by atoms with Crippen LogP contribution in [0.2, 0.25) is 0 Å². The zero-order chi connectivity index (χ0) is 17.7. The molecule has 0 aromatic carbocycles. The maximum Gasteiger partial charge on any atom is 0.350 e. The second-order valence-corrected chi connectivity index (χ2v) is 9.00. The zero-order valence-corrected chi connectivity index (χ0v) is 15.2. The monoisotopic (exact) mass is 372 g/mol. The van der Waals surface area contributed by atoms with E-state index < -0.39 is 5.97 Å². The van der Waals surface area contributed by atoms with Gasteiger partial charge in [-0.15, -0.1) is 16.4 Å². The summed E-state index contributed by atoms with van der Waals surface area (Å²) in [7, 11) is 0. The van der Waals surface area contributed by atoms with Gasteiger partial charge in [-0.25, -0.2) is 4.79 Å². The van der Waals surface area contributed by atoms with Crippen LogP contribution in [-0.2, 0) is 9.53 Å². The first-order valence-corrected chi connectivity index (χ1v) is 10.0. The summed E-state index contributed by atoms with van der Waals surface area (Å²) in [6, 6.07) is 1.76. The second-order valence-electron chi connectivity index (χ2n) is 8.09. The normalized spacial score (nSPS) is 31.9. The molecule has 4 aliphatic rings. The number of nitrogens with zero attached hydrogens (tertiary/aromatic N) is 4. The van der Waals surface area contributed by atoms with Crippen LogP contribution in [0, 0.1) is 23.2 Å². The summed E-state index contributed by atoms with van der Waals surface area (Å²) in [6.07, 6.45) is 8.27. The largest absolute Gasteiger partial charge is 0.453 e. The van der Waals surface area contributed by atoms with Gasteiger partial charge in [0.1, 0.15) is 11.2 Å². The first-order valence-electron chi connectivity index (χ1n) is 9.14. The van der Waals surface area contributed by atoms with Crippen LogP contribution >= 0.6 is 11.3 Å². The number of hydrogen-bond acceptors (Lipinski definition) is 7. The third kappa shape index (κ3) is 2.58. The van der Waals surface area contributed by atoms with Gasteiger partial charge < -0.3 is 4.74 Å². The average molecular weight is 372 g/mol. The summed E-state index contributed by atoms with van der Waals surface area (Å²) in [5.41, 5.74) is 0.343. The van der Waals surface area contributed by atoms with Crippen LogP contribution in [0.3, 0.4) is 0 Å². The Morgan fingerprint density at radius 3 is 2.50 bits per heavy atom. The Morgan fingerprint density at radius 2 is 1.88 bits per heavy atom. The highest BCUT2D eigenvalue weighted by atomic mass is 32.1. The fraction of sp³-hybridized carbons (Fsp3) is 0.611. The molecule has 4 saturated carbocycles. The molecule has 4 aliphatic carbocycles. The molecule has 136 valence electrons. The number of thiophene rings is 1. The first kappa shape index (κ1) is 16.1. The van der Waals surface area contributed by atoms with Crippen LogP contribution < -0.4 is 0 Å². The van der Waals surface area contributed by atoms with Gasteiger partial charge in [0, 0.05) is 5.41 Å². The molecule has 0 amide bonds. The smallest absolute Gasteiger partial charge is 0.350 e. The number of rotatable bonds is 5. The molecule has 2 heterocycles. The van der Waals surface area contributed by atoms with Crippen LogP contribution in [0.25, 0.3) is 5.69 Å². The van der Waals surface area contributed by atoms with Gasteiger partial charge in [-0.3, -0.25) is 4.79 Å². The number of carbonyl (C=O) groups is 2. The Hall–Kier alpha value is -2.09. The Morgan fingerprint density at radius 1 is 1.19 bits per heavy atom. The van der Waals surface area contributed by atoms with Gasteiger partial charge in [0.25, 0.3) is 0 Å². The number of ether oxygens (including phenoxy) is 1. The molecule has 0 aliphatic heterocycles. The van der Waals surface area contributed by atoms with Gasteiger partial charge in [-0.2, -0.15) is 4.68 Å². The number of tetrazole rings is 1. The summed E-state index contributed by atoms with van der Waals surface area (Å²) in [5, 5.41) is 12.8. The van der Waals surface area contributed by atoms with E-state index in [1.165, 1.54) is 41.6 Å². The molecule has 8 heteroatoms. The lowest BCUT2D eigenvalue weighted by molar-refractivity contribution is -0.147. The van der Waals surface area contributed by atoms with E-state index in [1.807, 2.05) is 0 Å². The second kappa shape index (κ2) is 5.97. The van der Waals surface area contributed by atoms with Crippen LogP contribution in [0.15, 0.2) is 17.8 Å². The van der Waals surface area contributed by atoms with Crippen molar-refractivity contribution >= 4 is 23.1 Å². The Bertz CT molecular complexity index is 809. The lowest BCUT2D eigenvalue weighted by atomic mass is 9.48. The van der Waals surface area contributed by atoms with Gasteiger partial charge in [-0.05, 0) is 78.2 Å². The van der Waals surface area contributed by atoms with Crippen LogP contribution in [0.4, 0.5) is 0 Å². The molecule has 26 heavy (non-hydrogen) atoms. The third-order valence-corrected chi connectivity index (χ3v) is 7.27. The summed E-state index contributed by atoms with van der Waals surface area (Å²) in [4.78, 5) is 25.9. The van der Waals surface area contributed by atoms with Crippen molar-refractivity contribution in [3.8, 4) is 5.69 Å². The van der Waals surface area contributed by atoms with Gasteiger partial charge in [0.2, 0.25) is 0 Å². The fourth-order valence-electron chi connectivity index (χ4n) is 5.71. The molecule has 0 unspecified atom stereocenters. The molecule has 4 bridgehead atoms. The van der Waals surface area contributed by atoms with Crippen molar-refractivity contribution in [2.75, 3.05) is 6.61 Å². The Balaban J connectivity index is 1.28. The summed E-state index contributed by atoms with van der Waals surface area (Å²) in [6.45, 7) is -0.127. The highest BCUT2D eigenvalue weighted by Crippen LogP contribution is 2.60. The fourth-order valence-corrected chi connectivity index (χ4v) is 6.48. The van der Waals surface area contributed by atoms with Gasteiger partial charge >= 0.3 is 5.97 Å². The summed E-state index contributed by atoms with van der Waals surface area (Å²) in [5.74, 6) is 1.73. The van der Waals surface area contributed by atoms with Crippen molar-refractivity contribution in [1.82, 2.24) is 20.2 Å². The topological polar surface area (TPSA) is 87.0 Å². The molecular weight excluding hydrogens is 352 g/mol. The molecule has 0 saturated heterocycles. The Kier molecular flexibility index (Phi) is 3.70. The first-order chi connectivity index (χ1) is 12.6. The van der Waals surface area contributed by atoms with Gasteiger partial charge in [-0.1, -0.05) is 0 Å². The number of hydrogen-bond donors (Lipinski definition) is 0. The van der Waals surface area contributed by atoms with Crippen LogP contribution in [0.5, 0.6) is 0 Å². The minimum atomic E-state index is -0.483. The molecule has 6 rings (SSSR count). The summed E-state index contributed by atoms with van der Waals surface area (Å²) < 4.78 is 6.84. The van der Waals surface area contributed by atoms with Crippen molar-refractivity contribution in [3.05, 3.63) is 22.7 Å². The SMILES string of the molecule is O=C(OCC(=O)C12CC3CC(CC(C3)C1)C2)c1sccc1-n1cnnn1. The van der Waals surface area contributed by atoms with E-state index >= 15 is 0 Å². The van der Waals surface area contributed by atoms with Crippen molar-refractivity contribution in [2.24, 2.45) is 23.2 Å². The Labute approximate surface area is 154 Å². The molecule has 0 atom stereocenters.